The van der Waals surface area contributed by atoms with Gasteiger partial charge in [-0.25, -0.2) is 4.98 Å². The van der Waals surface area contributed by atoms with E-state index in [0.717, 1.165) is 18.8 Å². The Morgan fingerprint density at radius 3 is 2.94 bits per heavy atom. The van der Waals surface area contributed by atoms with E-state index in [4.69, 9.17) is 11.0 Å². The topological polar surface area (TPSA) is 65.9 Å². The molecule has 4 heteroatoms. The molecular weight excluding hydrogens is 200 g/mol. The molecule has 0 aromatic carbocycles. The maximum Gasteiger partial charge on any atom is 0.153 e. The van der Waals surface area contributed by atoms with Crippen molar-refractivity contribution in [2.75, 3.05) is 17.2 Å². The van der Waals surface area contributed by atoms with Gasteiger partial charge in [0.25, 0.3) is 0 Å². The van der Waals surface area contributed by atoms with Gasteiger partial charge in [0.2, 0.25) is 0 Å². The van der Waals surface area contributed by atoms with Crippen LogP contribution in [0.15, 0.2) is 12.3 Å². The van der Waals surface area contributed by atoms with E-state index in [1.165, 1.54) is 12.8 Å². The summed E-state index contributed by atoms with van der Waals surface area (Å²) in [4.78, 5) is 6.55. The molecule has 0 atom stereocenters. The third kappa shape index (κ3) is 1.94. The fourth-order valence-electron chi connectivity index (χ4n) is 1.88. The van der Waals surface area contributed by atoms with Gasteiger partial charge in [0, 0.05) is 18.8 Å². The van der Waals surface area contributed by atoms with Gasteiger partial charge in [0.15, 0.2) is 5.82 Å². The minimum absolute atomic E-state index is 0.519. The molecule has 0 aliphatic heterocycles. The second-order valence-electron chi connectivity index (χ2n) is 4.13. The molecular formula is C12H16N4. The number of nitrogens with two attached hydrogens (primary N) is 1. The van der Waals surface area contributed by atoms with Gasteiger partial charge >= 0.3 is 0 Å². The highest BCUT2D eigenvalue weighted by Crippen LogP contribution is 2.34. The van der Waals surface area contributed by atoms with E-state index in [2.05, 4.69) is 22.9 Å². The first-order valence-corrected chi connectivity index (χ1v) is 5.69. The van der Waals surface area contributed by atoms with Gasteiger partial charge in [0.1, 0.15) is 6.07 Å². The molecule has 16 heavy (non-hydrogen) atoms. The molecule has 4 nitrogen and oxygen atoms in total. The van der Waals surface area contributed by atoms with Crippen LogP contribution in [-0.2, 0) is 0 Å². The monoisotopic (exact) mass is 216 g/mol. The summed E-state index contributed by atoms with van der Waals surface area (Å²) in [6.45, 7) is 3.09. The lowest BCUT2D eigenvalue weighted by atomic mass is 10.2. The van der Waals surface area contributed by atoms with Gasteiger partial charge in [-0.1, -0.05) is 6.92 Å². The summed E-state index contributed by atoms with van der Waals surface area (Å²) < 4.78 is 0. The molecule has 2 rings (SSSR count). The van der Waals surface area contributed by atoms with Gasteiger partial charge in [-0.2, -0.15) is 5.26 Å². The predicted molar refractivity (Wildman–Crippen MR) is 64.0 cm³/mol. The summed E-state index contributed by atoms with van der Waals surface area (Å²) in [7, 11) is 0. The fraction of sp³-hybridized carbons (Fsp3) is 0.500. The predicted octanol–water partition coefficient (Wildman–Crippen LogP) is 1.91. The number of nitrogens with zero attached hydrogens (tertiary/aromatic N) is 3. The van der Waals surface area contributed by atoms with Crippen molar-refractivity contribution in [3.05, 3.63) is 17.8 Å². The zero-order valence-electron chi connectivity index (χ0n) is 9.48. The van der Waals surface area contributed by atoms with E-state index < -0.39 is 0 Å². The van der Waals surface area contributed by atoms with Crippen LogP contribution in [0.3, 0.4) is 0 Å². The molecule has 1 aromatic heterocycles. The quantitative estimate of drug-likeness (QED) is 0.835. The van der Waals surface area contributed by atoms with Gasteiger partial charge in [-0.3, -0.25) is 0 Å². The largest absolute Gasteiger partial charge is 0.395 e. The zero-order valence-corrected chi connectivity index (χ0v) is 9.48. The van der Waals surface area contributed by atoms with E-state index in [0.29, 0.717) is 17.3 Å². The highest BCUT2D eigenvalue weighted by molar-refractivity contribution is 5.70. The van der Waals surface area contributed by atoms with Gasteiger partial charge in [-0.05, 0) is 25.3 Å². The van der Waals surface area contributed by atoms with E-state index in [-0.39, 0.29) is 0 Å². The van der Waals surface area contributed by atoms with Crippen LogP contribution in [0.25, 0.3) is 0 Å². The molecule has 0 radical (unpaired) electrons. The van der Waals surface area contributed by atoms with Gasteiger partial charge in [-0.15, -0.1) is 0 Å². The van der Waals surface area contributed by atoms with Crippen LogP contribution in [0.1, 0.15) is 31.7 Å². The summed E-state index contributed by atoms with van der Waals surface area (Å²) in [5.41, 5.74) is 7.00. The fourth-order valence-corrected chi connectivity index (χ4v) is 1.88. The molecule has 1 fully saturated rings. The number of rotatable bonds is 4. The molecule has 1 aromatic rings. The number of nitriles is 1. The molecule has 0 amide bonds. The lowest BCUT2D eigenvalue weighted by Gasteiger charge is -2.24. The lowest BCUT2D eigenvalue weighted by molar-refractivity contribution is 0.752. The zero-order chi connectivity index (χ0) is 11.5. The molecule has 84 valence electrons. The second kappa shape index (κ2) is 4.40. The van der Waals surface area contributed by atoms with Crippen LogP contribution < -0.4 is 10.6 Å². The summed E-state index contributed by atoms with van der Waals surface area (Å²) in [5, 5.41) is 8.93. The molecule has 2 N–H and O–H groups in total. The number of pyridine rings is 1. The van der Waals surface area contributed by atoms with Crippen molar-refractivity contribution < 1.29 is 0 Å². The molecule has 0 unspecified atom stereocenters. The third-order valence-corrected chi connectivity index (χ3v) is 2.81. The van der Waals surface area contributed by atoms with Crippen molar-refractivity contribution in [2.24, 2.45) is 0 Å². The van der Waals surface area contributed by atoms with Crippen molar-refractivity contribution in [1.82, 2.24) is 4.98 Å². The molecule has 0 bridgehead atoms. The number of hydrogen-bond donors (Lipinski definition) is 1. The lowest BCUT2D eigenvalue weighted by Crippen LogP contribution is -2.28. The molecule has 0 spiro atoms. The average Bonchev–Trinajstić information content (AvgIpc) is 3.11. The van der Waals surface area contributed by atoms with E-state index in [9.17, 15) is 0 Å². The smallest absolute Gasteiger partial charge is 0.153 e. The van der Waals surface area contributed by atoms with Crippen LogP contribution in [0, 0.1) is 11.3 Å². The first kappa shape index (κ1) is 10.7. The average molecular weight is 216 g/mol. The van der Waals surface area contributed by atoms with Crippen LogP contribution in [-0.4, -0.2) is 17.6 Å². The summed E-state index contributed by atoms with van der Waals surface area (Å²) in [6.07, 6.45) is 5.14. The molecule has 1 aliphatic rings. The number of aromatic nitrogens is 1. The number of anilines is 2. The van der Waals surface area contributed by atoms with Gasteiger partial charge < -0.3 is 10.6 Å². The maximum atomic E-state index is 8.93. The second-order valence-corrected chi connectivity index (χ2v) is 4.13. The standard InChI is InChI=1S/C12H16N4/c1-2-7-16(10-3-4-10)12-11(14)9(8-13)5-6-15-12/h5-6,10H,2-4,7,14H2,1H3. The van der Waals surface area contributed by atoms with Crippen molar-refractivity contribution in [3.63, 3.8) is 0 Å². The summed E-state index contributed by atoms with van der Waals surface area (Å²) in [6, 6.07) is 4.34. The minimum atomic E-state index is 0.519. The van der Waals surface area contributed by atoms with Crippen molar-refractivity contribution in [3.8, 4) is 6.07 Å². The van der Waals surface area contributed by atoms with Crippen LogP contribution in [0.5, 0.6) is 0 Å². The highest BCUT2D eigenvalue weighted by Gasteiger charge is 2.30. The maximum absolute atomic E-state index is 8.93. The number of nitrogen functional groups attached to an aromatic ring is 1. The Bertz CT molecular complexity index is 418. The molecule has 1 heterocycles. The Labute approximate surface area is 95.7 Å². The van der Waals surface area contributed by atoms with E-state index in [1.807, 2.05) is 0 Å². The van der Waals surface area contributed by atoms with Crippen molar-refractivity contribution >= 4 is 11.5 Å². The Morgan fingerprint density at radius 1 is 1.62 bits per heavy atom. The molecule has 1 saturated carbocycles. The Balaban J connectivity index is 2.33. The highest BCUT2D eigenvalue weighted by atomic mass is 15.2. The Morgan fingerprint density at radius 2 is 2.38 bits per heavy atom. The third-order valence-electron chi connectivity index (χ3n) is 2.81. The SMILES string of the molecule is CCCN(c1nccc(C#N)c1N)C1CC1. The van der Waals surface area contributed by atoms with Crippen molar-refractivity contribution in [1.29, 1.82) is 5.26 Å². The van der Waals surface area contributed by atoms with E-state index >= 15 is 0 Å². The first-order valence-electron chi connectivity index (χ1n) is 5.69. The van der Waals surface area contributed by atoms with E-state index in [1.54, 1.807) is 12.3 Å². The summed E-state index contributed by atoms with van der Waals surface area (Å²) in [5.74, 6) is 0.781. The minimum Gasteiger partial charge on any atom is -0.395 e. The first-order chi connectivity index (χ1) is 7.77. The Hall–Kier alpha value is -1.76. The van der Waals surface area contributed by atoms with Crippen molar-refractivity contribution in [2.45, 2.75) is 32.2 Å². The number of hydrogen-bond acceptors (Lipinski definition) is 4. The Kier molecular flexibility index (Phi) is 2.95. The molecule has 0 saturated heterocycles. The van der Waals surface area contributed by atoms with Crippen LogP contribution in [0.2, 0.25) is 0 Å². The molecule has 1 aliphatic carbocycles. The normalized spacial score (nSPS) is 14.5. The summed E-state index contributed by atoms with van der Waals surface area (Å²) >= 11 is 0. The van der Waals surface area contributed by atoms with Crippen LogP contribution >= 0.6 is 0 Å². The van der Waals surface area contributed by atoms with Crippen LogP contribution in [0.4, 0.5) is 11.5 Å². The van der Waals surface area contributed by atoms with Gasteiger partial charge in [0.05, 0.1) is 11.3 Å².